The number of ether oxygens (including phenoxy) is 1. The van der Waals surface area contributed by atoms with Gasteiger partial charge in [-0.05, 0) is 13.3 Å². The van der Waals surface area contributed by atoms with E-state index in [1.807, 2.05) is 6.92 Å². The van der Waals surface area contributed by atoms with Crippen molar-refractivity contribution in [3.63, 3.8) is 0 Å². The first-order chi connectivity index (χ1) is 8.97. The molecule has 0 aromatic carbocycles. The maximum atomic E-state index is 12.0. The molecule has 1 fully saturated rings. The Morgan fingerprint density at radius 2 is 2.37 bits per heavy atom. The number of aliphatic carboxylic acids is 1. The van der Waals surface area contributed by atoms with E-state index in [4.69, 9.17) is 4.74 Å². The van der Waals surface area contributed by atoms with Crippen molar-refractivity contribution in [2.75, 3.05) is 6.61 Å². The van der Waals surface area contributed by atoms with E-state index >= 15 is 0 Å². The molecule has 104 valence electrons. The lowest BCUT2D eigenvalue weighted by Gasteiger charge is -2.15. The summed E-state index contributed by atoms with van der Waals surface area (Å²) in [5, 5.41) is 15.6. The fourth-order valence-electron chi connectivity index (χ4n) is 2.14. The van der Waals surface area contributed by atoms with Crippen LogP contribution in [0.5, 0.6) is 0 Å². The van der Waals surface area contributed by atoms with Gasteiger partial charge >= 0.3 is 5.97 Å². The summed E-state index contributed by atoms with van der Waals surface area (Å²) in [5.41, 5.74) is 0.454. The highest BCUT2D eigenvalue weighted by molar-refractivity contribution is 5.86. The van der Waals surface area contributed by atoms with E-state index in [-0.39, 0.29) is 17.9 Å². The number of carboxylic acids is 1. The lowest BCUT2D eigenvalue weighted by Crippen LogP contribution is -2.37. The van der Waals surface area contributed by atoms with Crippen molar-refractivity contribution in [2.24, 2.45) is 13.0 Å². The van der Waals surface area contributed by atoms with Crippen LogP contribution in [0.25, 0.3) is 0 Å². The second-order valence-corrected chi connectivity index (χ2v) is 4.80. The van der Waals surface area contributed by atoms with E-state index in [2.05, 4.69) is 10.4 Å². The number of rotatable bonds is 4. The van der Waals surface area contributed by atoms with E-state index in [9.17, 15) is 14.7 Å². The summed E-state index contributed by atoms with van der Waals surface area (Å²) >= 11 is 0. The standard InChI is InChI=1S/C12H17N3O4/c1-7-3-8(6-19-7)11(16)14-10(12(17)18)9-4-13-15(2)5-9/h4-5,7-8,10H,3,6H2,1-2H3,(H,14,16)(H,17,18). The average Bonchev–Trinajstić information content (AvgIpc) is 2.94. The highest BCUT2D eigenvalue weighted by atomic mass is 16.5. The van der Waals surface area contributed by atoms with Gasteiger partial charge < -0.3 is 15.2 Å². The SMILES string of the molecule is CC1CC(C(=O)NC(C(=O)O)c2cnn(C)c2)CO1. The number of carbonyl (C=O) groups excluding carboxylic acids is 1. The summed E-state index contributed by atoms with van der Waals surface area (Å²) in [6, 6.07) is -1.07. The van der Waals surface area contributed by atoms with Crippen LogP contribution < -0.4 is 5.32 Å². The van der Waals surface area contributed by atoms with Crippen LogP contribution in [0.4, 0.5) is 0 Å². The molecule has 0 saturated carbocycles. The van der Waals surface area contributed by atoms with Gasteiger partial charge in [0.2, 0.25) is 5.91 Å². The maximum absolute atomic E-state index is 12.0. The van der Waals surface area contributed by atoms with Gasteiger partial charge in [0.25, 0.3) is 0 Å². The Morgan fingerprint density at radius 3 is 2.84 bits per heavy atom. The number of aryl methyl sites for hydroxylation is 1. The molecule has 1 amide bonds. The number of carboxylic acid groups (broad SMARTS) is 1. The number of hydrogen-bond donors (Lipinski definition) is 2. The van der Waals surface area contributed by atoms with E-state index in [0.29, 0.717) is 18.6 Å². The van der Waals surface area contributed by atoms with Crippen molar-refractivity contribution in [3.8, 4) is 0 Å². The zero-order valence-electron chi connectivity index (χ0n) is 10.9. The number of hydrogen-bond acceptors (Lipinski definition) is 4. The Kier molecular flexibility index (Phi) is 3.84. The molecule has 2 rings (SSSR count). The Morgan fingerprint density at radius 1 is 1.63 bits per heavy atom. The first-order valence-corrected chi connectivity index (χ1v) is 6.10. The van der Waals surface area contributed by atoms with Crippen LogP contribution >= 0.6 is 0 Å². The van der Waals surface area contributed by atoms with E-state index < -0.39 is 12.0 Å². The lowest BCUT2D eigenvalue weighted by molar-refractivity contribution is -0.142. The van der Waals surface area contributed by atoms with E-state index in [0.717, 1.165) is 0 Å². The summed E-state index contributed by atoms with van der Waals surface area (Å²) in [7, 11) is 1.69. The number of nitrogens with zero attached hydrogens (tertiary/aromatic N) is 2. The minimum Gasteiger partial charge on any atom is -0.479 e. The van der Waals surface area contributed by atoms with Crippen molar-refractivity contribution in [3.05, 3.63) is 18.0 Å². The molecule has 1 aromatic rings. The molecule has 1 aliphatic rings. The molecule has 0 bridgehead atoms. The predicted octanol–water partition coefficient (Wildman–Crippen LogP) is 0.0870. The number of aromatic nitrogens is 2. The summed E-state index contributed by atoms with van der Waals surface area (Å²) in [4.78, 5) is 23.2. The fraction of sp³-hybridized carbons (Fsp3) is 0.583. The van der Waals surface area contributed by atoms with Crippen molar-refractivity contribution >= 4 is 11.9 Å². The van der Waals surface area contributed by atoms with Gasteiger partial charge in [0.15, 0.2) is 6.04 Å². The monoisotopic (exact) mass is 267 g/mol. The van der Waals surface area contributed by atoms with Gasteiger partial charge in [-0.2, -0.15) is 5.10 Å². The highest BCUT2D eigenvalue weighted by Crippen LogP contribution is 2.21. The first kappa shape index (κ1) is 13.5. The minimum absolute atomic E-state index is 0.0393. The Bertz CT molecular complexity index is 485. The zero-order chi connectivity index (χ0) is 14.0. The molecular formula is C12H17N3O4. The Labute approximate surface area is 110 Å². The van der Waals surface area contributed by atoms with Gasteiger partial charge in [-0.25, -0.2) is 4.79 Å². The van der Waals surface area contributed by atoms with Gasteiger partial charge in [-0.3, -0.25) is 9.48 Å². The molecule has 2 heterocycles. The maximum Gasteiger partial charge on any atom is 0.331 e. The van der Waals surface area contributed by atoms with Crippen molar-refractivity contribution in [2.45, 2.75) is 25.5 Å². The van der Waals surface area contributed by atoms with E-state index in [1.54, 1.807) is 13.2 Å². The van der Waals surface area contributed by atoms with Gasteiger partial charge in [0, 0.05) is 18.8 Å². The molecule has 7 heteroatoms. The van der Waals surface area contributed by atoms with Gasteiger partial charge in [-0.15, -0.1) is 0 Å². The highest BCUT2D eigenvalue weighted by Gasteiger charge is 2.32. The second kappa shape index (κ2) is 5.40. The van der Waals surface area contributed by atoms with Crippen molar-refractivity contribution in [1.82, 2.24) is 15.1 Å². The minimum atomic E-state index is -1.10. The van der Waals surface area contributed by atoms with Crippen LogP contribution in [0, 0.1) is 5.92 Å². The molecule has 3 atom stereocenters. The number of nitrogens with one attached hydrogen (secondary N) is 1. The summed E-state index contributed by atoms with van der Waals surface area (Å²) in [6.07, 6.45) is 3.67. The van der Waals surface area contributed by atoms with Crippen LogP contribution in [-0.4, -0.2) is 39.5 Å². The molecule has 2 N–H and O–H groups in total. The second-order valence-electron chi connectivity index (χ2n) is 4.80. The van der Waals surface area contributed by atoms with Crippen LogP contribution in [-0.2, 0) is 21.4 Å². The molecule has 1 aliphatic heterocycles. The molecule has 7 nitrogen and oxygen atoms in total. The summed E-state index contributed by atoms with van der Waals surface area (Å²) in [5.74, 6) is -1.68. The normalized spacial score (nSPS) is 24.1. The van der Waals surface area contributed by atoms with Crippen LogP contribution in [0.2, 0.25) is 0 Å². The number of carbonyl (C=O) groups is 2. The number of amides is 1. The molecule has 0 aliphatic carbocycles. The summed E-state index contributed by atoms with van der Waals surface area (Å²) < 4.78 is 6.81. The molecule has 0 spiro atoms. The molecule has 1 aromatic heterocycles. The predicted molar refractivity (Wildman–Crippen MR) is 65.2 cm³/mol. The van der Waals surface area contributed by atoms with Crippen LogP contribution in [0.3, 0.4) is 0 Å². The third-order valence-corrected chi connectivity index (χ3v) is 3.16. The third-order valence-electron chi connectivity index (χ3n) is 3.16. The smallest absolute Gasteiger partial charge is 0.331 e. The van der Waals surface area contributed by atoms with Crippen molar-refractivity contribution in [1.29, 1.82) is 0 Å². The third kappa shape index (κ3) is 3.11. The van der Waals surface area contributed by atoms with Crippen LogP contribution in [0.15, 0.2) is 12.4 Å². The summed E-state index contributed by atoms with van der Waals surface area (Å²) in [6.45, 7) is 2.23. The molecule has 1 saturated heterocycles. The van der Waals surface area contributed by atoms with Gasteiger partial charge in [0.05, 0.1) is 24.8 Å². The molecule has 19 heavy (non-hydrogen) atoms. The van der Waals surface area contributed by atoms with Crippen molar-refractivity contribution < 1.29 is 19.4 Å². The first-order valence-electron chi connectivity index (χ1n) is 6.10. The van der Waals surface area contributed by atoms with Crippen LogP contribution in [0.1, 0.15) is 24.9 Å². The molecular weight excluding hydrogens is 250 g/mol. The zero-order valence-corrected chi connectivity index (χ0v) is 10.9. The molecule has 0 radical (unpaired) electrons. The Hall–Kier alpha value is -1.89. The Balaban J connectivity index is 2.05. The quantitative estimate of drug-likeness (QED) is 0.806. The van der Waals surface area contributed by atoms with Gasteiger partial charge in [0.1, 0.15) is 0 Å². The van der Waals surface area contributed by atoms with Gasteiger partial charge in [-0.1, -0.05) is 0 Å². The average molecular weight is 267 g/mol. The van der Waals surface area contributed by atoms with E-state index in [1.165, 1.54) is 10.9 Å². The fourth-order valence-corrected chi connectivity index (χ4v) is 2.14. The lowest BCUT2D eigenvalue weighted by atomic mass is 10.0. The topological polar surface area (TPSA) is 93.5 Å². The molecule has 3 unspecified atom stereocenters. The largest absolute Gasteiger partial charge is 0.479 e.